The summed E-state index contributed by atoms with van der Waals surface area (Å²) in [5, 5.41) is 9.20. The van der Waals surface area contributed by atoms with Gasteiger partial charge >= 0.3 is 12.1 Å². The highest BCUT2D eigenvalue weighted by Crippen LogP contribution is 2.33. The molecule has 0 saturated heterocycles. The lowest BCUT2D eigenvalue weighted by molar-refractivity contribution is -0.152. The molecule has 31 heavy (non-hydrogen) atoms. The second kappa shape index (κ2) is 8.66. The Balaban J connectivity index is 1.70. The number of carboxylic acids is 1. The van der Waals surface area contributed by atoms with Crippen LogP contribution in [0, 0.1) is 6.92 Å². The standard InChI is InChI=1S/C22H20F3NO4S/c1-13-18(29-19(26-13)14-7-9-15(10-8-14)22(23,24)25)12-31-17-6-4-5-16(11-17)30-21(2,3)20(27)28/h4-11H,12H2,1-3H3,(H,27,28). The minimum absolute atomic E-state index is 0.252. The van der Waals surface area contributed by atoms with Gasteiger partial charge in [-0.25, -0.2) is 9.78 Å². The number of alkyl halides is 3. The Hall–Kier alpha value is -2.94. The molecular weight excluding hydrogens is 431 g/mol. The molecule has 0 unspecified atom stereocenters. The molecule has 1 heterocycles. The number of hydrogen-bond acceptors (Lipinski definition) is 5. The monoisotopic (exact) mass is 451 g/mol. The highest BCUT2D eigenvalue weighted by Gasteiger charge is 2.30. The van der Waals surface area contributed by atoms with Crippen LogP contribution in [0.2, 0.25) is 0 Å². The number of aliphatic carboxylic acids is 1. The number of thioether (sulfide) groups is 1. The van der Waals surface area contributed by atoms with Crippen molar-refractivity contribution in [1.82, 2.24) is 4.98 Å². The van der Waals surface area contributed by atoms with Crippen LogP contribution in [0.1, 0.15) is 30.9 Å². The van der Waals surface area contributed by atoms with Crippen LogP contribution in [0.15, 0.2) is 57.8 Å². The van der Waals surface area contributed by atoms with E-state index in [1.54, 1.807) is 25.1 Å². The molecular formula is C22H20F3NO4S. The molecule has 1 N–H and O–H groups in total. The van der Waals surface area contributed by atoms with Crippen molar-refractivity contribution in [1.29, 1.82) is 0 Å². The van der Waals surface area contributed by atoms with Crippen molar-refractivity contribution in [3.63, 3.8) is 0 Å². The number of rotatable bonds is 7. The molecule has 0 aliphatic heterocycles. The van der Waals surface area contributed by atoms with Crippen molar-refractivity contribution in [3.8, 4) is 17.2 Å². The van der Waals surface area contributed by atoms with E-state index in [9.17, 15) is 23.1 Å². The van der Waals surface area contributed by atoms with Crippen molar-refractivity contribution < 1.29 is 32.2 Å². The van der Waals surface area contributed by atoms with E-state index in [4.69, 9.17) is 9.15 Å². The molecule has 0 spiro atoms. The predicted molar refractivity (Wildman–Crippen MR) is 110 cm³/mol. The first kappa shape index (κ1) is 22.7. The van der Waals surface area contributed by atoms with Crippen molar-refractivity contribution in [2.24, 2.45) is 0 Å². The lowest BCUT2D eigenvalue weighted by Crippen LogP contribution is -2.37. The van der Waals surface area contributed by atoms with Gasteiger partial charge < -0.3 is 14.3 Å². The number of aromatic nitrogens is 1. The van der Waals surface area contributed by atoms with Gasteiger partial charge in [-0.15, -0.1) is 11.8 Å². The Bertz CT molecular complexity index is 1080. The van der Waals surface area contributed by atoms with E-state index < -0.39 is 23.3 Å². The lowest BCUT2D eigenvalue weighted by Gasteiger charge is -2.21. The number of oxazole rings is 1. The van der Waals surface area contributed by atoms with Crippen molar-refractivity contribution in [3.05, 3.63) is 65.5 Å². The summed E-state index contributed by atoms with van der Waals surface area (Å²) < 4.78 is 49.5. The summed E-state index contributed by atoms with van der Waals surface area (Å²) in [6, 6.07) is 11.7. The van der Waals surface area contributed by atoms with Gasteiger partial charge in [0.2, 0.25) is 5.89 Å². The van der Waals surface area contributed by atoms with Gasteiger partial charge in [0.25, 0.3) is 0 Å². The van der Waals surface area contributed by atoms with Gasteiger partial charge in [-0.1, -0.05) is 6.07 Å². The second-order valence-corrected chi connectivity index (χ2v) is 8.33. The summed E-state index contributed by atoms with van der Waals surface area (Å²) in [6.07, 6.45) is -4.40. The Morgan fingerprint density at radius 1 is 1.16 bits per heavy atom. The Labute approximate surface area is 181 Å². The molecule has 164 valence electrons. The molecule has 0 saturated carbocycles. The molecule has 0 bridgehead atoms. The first-order chi connectivity index (χ1) is 14.5. The fraction of sp³-hybridized carbons (Fsp3) is 0.273. The van der Waals surface area contributed by atoms with Crippen LogP contribution in [0.25, 0.3) is 11.5 Å². The Morgan fingerprint density at radius 3 is 2.45 bits per heavy atom. The largest absolute Gasteiger partial charge is 0.478 e. The molecule has 9 heteroatoms. The number of benzene rings is 2. The van der Waals surface area contributed by atoms with Crippen molar-refractivity contribution in [2.75, 3.05) is 0 Å². The maximum absolute atomic E-state index is 12.7. The zero-order valence-corrected chi connectivity index (χ0v) is 17.8. The summed E-state index contributed by atoms with van der Waals surface area (Å²) in [5.74, 6) is 0.639. The smallest absolute Gasteiger partial charge is 0.416 e. The number of carbonyl (C=O) groups is 1. The third-order valence-corrected chi connectivity index (χ3v) is 5.41. The third kappa shape index (κ3) is 5.61. The van der Waals surface area contributed by atoms with Gasteiger partial charge in [0.15, 0.2) is 5.60 Å². The number of ether oxygens (including phenoxy) is 1. The average molecular weight is 451 g/mol. The van der Waals surface area contributed by atoms with Crippen LogP contribution in [-0.2, 0) is 16.7 Å². The van der Waals surface area contributed by atoms with Crippen molar-refractivity contribution >= 4 is 17.7 Å². The molecule has 0 aliphatic carbocycles. The maximum Gasteiger partial charge on any atom is 0.416 e. The first-order valence-electron chi connectivity index (χ1n) is 9.25. The van der Waals surface area contributed by atoms with Crippen LogP contribution in [-0.4, -0.2) is 21.7 Å². The molecule has 5 nitrogen and oxygen atoms in total. The summed E-state index contributed by atoms with van der Waals surface area (Å²) in [4.78, 5) is 16.4. The predicted octanol–water partition coefficient (Wildman–Crippen LogP) is 6.20. The van der Waals surface area contributed by atoms with E-state index >= 15 is 0 Å². The van der Waals surface area contributed by atoms with Gasteiger partial charge in [-0.3, -0.25) is 0 Å². The molecule has 0 radical (unpaired) electrons. The Kier molecular flexibility index (Phi) is 6.35. The van der Waals surface area contributed by atoms with Crippen LogP contribution in [0.4, 0.5) is 13.2 Å². The molecule has 2 aromatic carbocycles. The zero-order valence-electron chi connectivity index (χ0n) is 17.0. The topological polar surface area (TPSA) is 72.6 Å². The van der Waals surface area contributed by atoms with E-state index in [-0.39, 0.29) is 5.89 Å². The second-order valence-electron chi connectivity index (χ2n) is 7.28. The normalized spacial score (nSPS) is 12.1. The summed E-state index contributed by atoms with van der Waals surface area (Å²) in [5.41, 5.74) is -0.995. The van der Waals surface area contributed by atoms with Crippen LogP contribution >= 0.6 is 11.8 Å². The Morgan fingerprint density at radius 2 is 1.84 bits per heavy atom. The fourth-order valence-corrected chi connectivity index (χ4v) is 3.54. The summed E-state index contributed by atoms with van der Waals surface area (Å²) >= 11 is 1.44. The van der Waals surface area contributed by atoms with Gasteiger partial charge in [0.1, 0.15) is 11.5 Å². The number of carboxylic acid groups (broad SMARTS) is 1. The maximum atomic E-state index is 12.7. The third-order valence-electron chi connectivity index (χ3n) is 4.42. The lowest BCUT2D eigenvalue weighted by atomic mass is 10.1. The van der Waals surface area contributed by atoms with E-state index in [0.29, 0.717) is 28.5 Å². The number of aryl methyl sites for hydroxylation is 1. The molecule has 3 aromatic rings. The van der Waals surface area contributed by atoms with Gasteiger partial charge in [-0.05, 0) is 63.2 Å². The molecule has 0 atom stereocenters. The van der Waals surface area contributed by atoms with Gasteiger partial charge in [0.05, 0.1) is 17.0 Å². The van der Waals surface area contributed by atoms with E-state index in [1.165, 1.54) is 37.7 Å². The van der Waals surface area contributed by atoms with E-state index in [2.05, 4.69) is 4.98 Å². The zero-order chi connectivity index (χ0) is 22.8. The number of nitrogens with zero attached hydrogens (tertiary/aromatic N) is 1. The molecule has 0 aliphatic rings. The van der Waals surface area contributed by atoms with E-state index in [1.807, 2.05) is 6.07 Å². The number of hydrogen-bond donors (Lipinski definition) is 1. The molecule has 3 rings (SSSR count). The summed E-state index contributed by atoms with van der Waals surface area (Å²) in [6.45, 7) is 4.70. The minimum Gasteiger partial charge on any atom is -0.478 e. The SMILES string of the molecule is Cc1nc(-c2ccc(C(F)(F)F)cc2)oc1CSc1cccc(OC(C)(C)C(=O)O)c1. The first-order valence-corrected chi connectivity index (χ1v) is 10.2. The van der Waals surface area contributed by atoms with Crippen LogP contribution < -0.4 is 4.74 Å². The average Bonchev–Trinajstić information content (AvgIpc) is 3.06. The highest BCUT2D eigenvalue weighted by atomic mass is 32.2. The van der Waals surface area contributed by atoms with Crippen LogP contribution in [0.3, 0.4) is 0 Å². The van der Waals surface area contributed by atoms with Crippen LogP contribution in [0.5, 0.6) is 5.75 Å². The van der Waals surface area contributed by atoms with Gasteiger partial charge in [0, 0.05) is 10.5 Å². The summed E-state index contributed by atoms with van der Waals surface area (Å²) in [7, 11) is 0. The molecule has 0 amide bonds. The minimum atomic E-state index is -4.40. The quantitative estimate of drug-likeness (QED) is 0.431. The van der Waals surface area contributed by atoms with Gasteiger partial charge in [-0.2, -0.15) is 13.2 Å². The fourth-order valence-electron chi connectivity index (χ4n) is 2.60. The van der Waals surface area contributed by atoms with E-state index in [0.717, 1.165) is 17.0 Å². The van der Waals surface area contributed by atoms with Crippen molar-refractivity contribution in [2.45, 2.75) is 43.2 Å². The molecule has 0 fully saturated rings. The molecule has 1 aromatic heterocycles. The highest BCUT2D eigenvalue weighted by molar-refractivity contribution is 7.98. The number of halogens is 3.